The molecule has 4 saturated carbocycles. The van der Waals surface area contributed by atoms with E-state index in [0.717, 1.165) is 19.3 Å². The van der Waals surface area contributed by atoms with Crippen LogP contribution >= 0.6 is 0 Å². The zero-order valence-corrected chi connectivity index (χ0v) is 33.5. The molecule has 13 heteroatoms. The van der Waals surface area contributed by atoms with Crippen molar-refractivity contribution in [1.82, 2.24) is 0 Å². The minimum absolute atomic E-state index is 0.0443. The smallest absolute Gasteiger partial charge is 0.187 e. The van der Waals surface area contributed by atoms with Crippen molar-refractivity contribution >= 4 is 0 Å². The summed E-state index contributed by atoms with van der Waals surface area (Å²) >= 11 is 0. The quantitative estimate of drug-likeness (QED) is 0.121. The van der Waals surface area contributed by atoms with Crippen molar-refractivity contribution in [3.8, 4) is 0 Å². The molecule has 0 amide bonds. The van der Waals surface area contributed by atoms with Crippen LogP contribution < -0.4 is 0 Å². The van der Waals surface area contributed by atoms with Gasteiger partial charge in [-0.2, -0.15) is 0 Å². The maximum absolute atomic E-state index is 12.2. The molecule has 0 radical (unpaired) electrons. The molecule has 0 bridgehead atoms. The zero-order valence-electron chi connectivity index (χ0n) is 33.5. The van der Waals surface area contributed by atoms with Gasteiger partial charge in [-0.1, -0.05) is 46.3 Å². The molecular weight excluding hydrogens is 700 g/mol. The van der Waals surface area contributed by atoms with Gasteiger partial charge in [0.15, 0.2) is 12.6 Å². The van der Waals surface area contributed by atoms with Crippen LogP contribution in [0.4, 0.5) is 0 Å². The number of aliphatic hydroxyl groups is 9. The Bertz CT molecular complexity index is 1350. The summed E-state index contributed by atoms with van der Waals surface area (Å²) in [6.45, 7) is 16.0. The number of hydrogen-bond donors (Lipinski definition) is 9. The molecule has 0 aromatic rings. The second kappa shape index (κ2) is 15.1. The van der Waals surface area contributed by atoms with E-state index in [-0.39, 0.29) is 30.3 Å². The Morgan fingerprint density at radius 3 is 2.17 bits per heavy atom. The molecule has 6 rings (SSSR count). The SMILES string of the molecule is CC(C)=CCC[C@](C)(O)[C@H]1CC[C@]2(C)[C@@H]1[C@H](O)C[C@@H]1[C@@]3(C)CC[C@H](O)C(C)(C)[C@@H]3[C@@H](O[C@@H]3O[C@H](CO)[C@@H](O)[C@H](O)[C@H]3O[C@@H]3OC[C@@H](O)[C@H](O)C3O)C[C@]12C. The normalized spacial score (nSPS) is 52.8. The van der Waals surface area contributed by atoms with Crippen molar-refractivity contribution < 1.29 is 64.9 Å². The van der Waals surface area contributed by atoms with Crippen molar-refractivity contribution in [1.29, 1.82) is 0 Å². The predicted molar refractivity (Wildman–Crippen MR) is 196 cm³/mol. The van der Waals surface area contributed by atoms with Crippen LogP contribution in [0.5, 0.6) is 0 Å². The van der Waals surface area contributed by atoms with Crippen LogP contribution in [0.25, 0.3) is 0 Å². The van der Waals surface area contributed by atoms with E-state index >= 15 is 0 Å². The third-order valence-electron chi connectivity index (χ3n) is 16.1. The number of allylic oxidation sites excluding steroid dienone is 2. The Kier molecular flexibility index (Phi) is 12.0. The fourth-order valence-electron chi connectivity index (χ4n) is 13.1. The molecule has 2 heterocycles. The molecule has 13 nitrogen and oxygen atoms in total. The Morgan fingerprint density at radius 1 is 0.833 bits per heavy atom. The van der Waals surface area contributed by atoms with Crippen LogP contribution in [0.15, 0.2) is 11.6 Å². The van der Waals surface area contributed by atoms with Crippen LogP contribution in [0.3, 0.4) is 0 Å². The molecule has 0 spiro atoms. The van der Waals surface area contributed by atoms with Gasteiger partial charge in [0.2, 0.25) is 0 Å². The first-order valence-corrected chi connectivity index (χ1v) is 20.4. The molecule has 6 aliphatic rings. The predicted octanol–water partition coefficient (Wildman–Crippen LogP) is 1.76. The van der Waals surface area contributed by atoms with Crippen molar-refractivity contribution in [3.63, 3.8) is 0 Å². The largest absolute Gasteiger partial charge is 0.394 e. The van der Waals surface area contributed by atoms with Gasteiger partial charge in [0.05, 0.1) is 37.1 Å². The lowest BCUT2D eigenvalue weighted by Gasteiger charge is -2.72. The summed E-state index contributed by atoms with van der Waals surface area (Å²) in [6, 6.07) is 0. The van der Waals surface area contributed by atoms with Crippen molar-refractivity contribution in [2.45, 2.75) is 186 Å². The van der Waals surface area contributed by atoms with Crippen LogP contribution in [0, 0.1) is 45.3 Å². The van der Waals surface area contributed by atoms with Gasteiger partial charge in [0, 0.05) is 0 Å². The highest BCUT2D eigenvalue weighted by atomic mass is 16.8. The fraction of sp³-hybridized carbons (Fsp3) is 0.951. The second-order valence-corrected chi connectivity index (χ2v) is 19.8. The van der Waals surface area contributed by atoms with E-state index in [9.17, 15) is 46.0 Å². The van der Waals surface area contributed by atoms with Crippen molar-refractivity contribution in [2.24, 2.45) is 45.3 Å². The van der Waals surface area contributed by atoms with E-state index in [2.05, 4.69) is 40.7 Å². The van der Waals surface area contributed by atoms with Gasteiger partial charge in [-0.15, -0.1) is 0 Å². The molecule has 20 atom stereocenters. The molecule has 54 heavy (non-hydrogen) atoms. The average Bonchev–Trinajstić information content (AvgIpc) is 3.48. The highest BCUT2D eigenvalue weighted by Crippen LogP contribution is 2.76. The maximum Gasteiger partial charge on any atom is 0.187 e. The van der Waals surface area contributed by atoms with Gasteiger partial charge in [0.1, 0.15) is 42.7 Å². The third-order valence-corrected chi connectivity index (χ3v) is 16.1. The van der Waals surface area contributed by atoms with Crippen LogP contribution in [0.1, 0.15) is 107 Å². The Labute approximate surface area is 320 Å². The molecule has 4 aliphatic carbocycles. The van der Waals surface area contributed by atoms with E-state index in [1.807, 2.05) is 20.8 Å². The second-order valence-electron chi connectivity index (χ2n) is 19.8. The first-order valence-electron chi connectivity index (χ1n) is 20.4. The van der Waals surface area contributed by atoms with Gasteiger partial charge >= 0.3 is 0 Å². The summed E-state index contributed by atoms with van der Waals surface area (Å²) in [5, 5.41) is 99.6. The molecule has 1 unspecified atom stereocenters. The summed E-state index contributed by atoms with van der Waals surface area (Å²) < 4.78 is 24.8. The summed E-state index contributed by atoms with van der Waals surface area (Å²) in [7, 11) is 0. The van der Waals surface area contributed by atoms with Crippen molar-refractivity contribution in [2.75, 3.05) is 13.2 Å². The highest BCUT2D eigenvalue weighted by molar-refractivity contribution is 5.22. The first-order chi connectivity index (χ1) is 25.0. The molecule has 312 valence electrons. The summed E-state index contributed by atoms with van der Waals surface area (Å²) in [5.41, 5.74) is -1.69. The number of fused-ring (bicyclic) bond motifs is 5. The number of hydrogen-bond acceptors (Lipinski definition) is 13. The minimum Gasteiger partial charge on any atom is -0.394 e. The van der Waals surface area contributed by atoms with Gasteiger partial charge in [-0.05, 0) is 117 Å². The summed E-state index contributed by atoms with van der Waals surface area (Å²) in [4.78, 5) is 0. The fourth-order valence-corrected chi connectivity index (χ4v) is 13.1. The Hall–Kier alpha value is -0.780. The number of aliphatic hydroxyl groups excluding tert-OH is 8. The molecule has 0 aromatic carbocycles. The van der Waals surface area contributed by atoms with Crippen LogP contribution in [-0.2, 0) is 18.9 Å². The first kappa shape index (κ1) is 42.8. The summed E-state index contributed by atoms with van der Waals surface area (Å²) in [6.07, 6.45) is -7.90. The maximum atomic E-state index is 12.2. The van der Waals surface area contributed by atoms with E-state index < -0.39 is 107 Å². The molecule has 0 aromatic heterocycles. The molecule has 9 N–H and O–H groups in total. The van der Waals surface area contributed by atoms with Gasteiger partial charge in [0.25, 0.3) is 0 Å². The summed E-state index contributed by atoms with van der Waals surface area (Å²) in [5.74, 6) is -0.513. The van der Waals surface area contributed by atoms with E-state index in [4.69, 9.17) is 18.9 Å². The Balaban J connectivity index is 1.38. The standard InChI is InChI=1S/C41H70O13/c1-20(2)10-9-13-41(8,50)21-11-15-39(6)28(21)22(43)16-26-38(5)14-12-27(45)37(3,4)34(38)24(17-40(26,39)7)52-36-33(31(48)30(47)25(18-42)53-36)54-35-32(49)29(46)23(44)19-51-35/h10,21-36,42-50H,9,11-19H2,1-8H3/t21-,22+,23+,24-,25+,26+,27-,28-,29-,30+,31-,32?,33+,34-,35-,36+,38+,39+,40+,41-/m0/s1. The van der Waals surface area contributed by atoms with E-state index in [0.29, 0.717) is 32.1 Å². The van der Waals surface area contributed by atoms with E-state index in [1.165, 1.54) is 5.57 Å². The Morgan fingerprint density at radius 2 is 1.52 bits per heavy atom. The molecule has 2 aliphatic heterocycles. The lowest BCUT2D eigenvalue weighted by atomic mass is 9.34. The number of ether oxygens (including phenoxy) is 4. The topological polar surface area (TPSA) is 219 Å². The van der Waals surface area contributed by atoms with Crippen molar-refractivity contribution in [3.05, 3.63) is 11.6 Å². The van der Waals surface area contributed by atoms with Gasteiger partial charge < -0.3 is 64.9 Å². The number of rotatable bonds is 9. The van der Waals surface area contributed by atoms with E-state index in [1.54, 1.807) is 0 Å². The lowest BCUT2D eigenvalue weighted by molar-refractivity contribution is -0.377. The lowest BCUT2D eigenvalue weighted by Crippen LogP contribution is -2.71. The van der Waals surface area contributed by atoms with Crippen LogP contribution in [0.2, 0.25) is 0 Å². The molecule has 6 fully saturated rings. The average molecular weight is 771 g/mol. The van der Waals surface area contributed by atoms with Crippen LogP contribution in [-0.4, -0.2) is 138 Å². The third kappa shape index (κ3) is 6.86. The zero-order chi connectivity index (χ0) is 39.9. The highest BCUT2D eigenvalue weighted by Gasteiger charge is 2.73. The molecule has 2 saturated heterocycles. The van der Waals surface area contributed by atoms with Gasteiger partial charge in [-0.3, -0.25) is 0 Å². The monoisotopic (exact) mass is 770 g/mol. The van der Waals surface area contributed by atoms with Gasteiger partial charge in [-0.25, -0.2) is 0 Å². The molecular formula is C41H70O13. The minimum atomic E-state index is -1.68.